The number of anilines is 1. The number of ether oxygens (including phenoxy) is 1. The second-order valence-corrected chi connectivity index (χ2v) is 8.61. The van der Waals surface area contributed by atoms with Crippen molar-refractivity contribution >= 4 is 22.9 Å². The molecule has 0 unspecified atom stereocenters. The van der Waals surface area contributed by atoms with E-state index in [0.717, 1.165) is 40.5 Å². The van der Waals surface area contributed by atoms with Crippen LogP contribution in [0.25, 0.3) is 11.2 Å². The van der Waals surface area contributed by atoms with E-state index in [1.807, 2.05) is 74.0 Å². The van der Waals surface area contributed by atoms with Crippen molar-refractivity contribution in [1.82, 2.24) is 19.9 Å². The largest absolute Gasteiger partial charge is 0.497 e. The molecule has 3 aromatic heterocycles. The lowest BCUT2D eigenvalue weighted by Gasteiger charge is -2.12. The topological polar surface area (TPSA) is 93.7 Å². The molecule has 4 rings (SSSR count). The Balaban J connectivity index is 1.39. The van der Waals surface area contributed by atoms with E-state index in [4.69, 9.17) is 14.2 Å². The van der Waals surface area contributed by atoms with Gasteiger partial charge >= 0.3 is 0 Å². The van der Waals surface area contributed by atoms with Gasteiger partial charge in [0.25, 0.3) is 0 Å². The number of imidazole rings is 1. The van der Waals surface area contributed by atoms with Crippen LogP contribution >= 0.6 is 0 Å². The lowest BCUT2D eigenvalue weighted by atomic mass is 9.93. The van der Waals surface area contributed by atoms with E-state index in [-0.39, 0.29) is 17.9 Å². The van der Waals surface area contributed by atoms with Crippen LogP contribution in [0.1, 0.15) is 38.6 Å². The predicted octanol–water partition coefficient (Wildman–Crippen LogP) is 4.08. The van der Waals surface area contributed by atoms with Crippen LogP contribution in [0.3, 0.4) is 0 Å². The van der Waals surface area contributed by atoms with Crippen LogP contribution in [0.4, 0.5) is 5.82 Å². The van der Waals surface area contributed by atoms with E-state index >= 15 is 0 Å². The van der Waals surface area contributed by atoms with Gasteiger partial charge in [-0.3, -0.25) is 4.79 Å². The summed E-state index contributed by atoms with van der Waals surface area (Å²) in [7, 11) is 1.64. The highest BCUT2D eigenvalue weighted by molar-refractivity contribution is 5.91. The number of hydrogen-bond donors (Lipinski definition) is 2. The maximum absolute atomic E-state index is 12.3. The number of carbonyl (C=O) groups is 1. The van der Waals surface area contributed by atoms with Gasteiger partial charge in [-0.05, 0) is 30.2 Å². The van der Waals surface area contributed by atoms with Crippen molar-refractivity contribution in [3.8, 4) is 5.75 Å². The predicted molar refractivity (Wildman–Crippen MR) is 123 cm³/mol. The van der Waals surface area contributed by atoms with Gasteiger partial charge in [0.05, 0.1) is 19.3 Å². The Hall–Kier alpha value is -3.81. The van der Waals surface area contributed by atoms with Gasteiger partial charge in [-0.1, -0.05) is 38.1 Å². The summed E-state index contributed by atoms with van der Waals surface area (Å²) < 4.78 is 12.5. The summed E-state index contributed by atoms with van der Waals surface area (Å²) >= 11 is 0. The molecule has 0 atom stereocenters. The quantitative estimate of drug-likeness (QED) is 0.608. The number of aromatic nitrogens is 3. The lowest BCUT2D eigenvalue weighted by molar-refractivity contribution is -0.115. The van der Waals surface area contributed by atoms with Gasteiger partial charge in [-0.15, -0.1) is 0 Å². The minimum atomic E-state index is -0.198. The molecule has 0 radical (unpaired) electrons. The average Bonchev–Trinajstić information content (AvgIpc) is 3.33. The van der Waals surface area contributed by atoms with Crippen molar-refractivity contribution in [3.63, 3.8) is 0 Å². The Bertz CT molecular complexity index is 1220. The molecule has 3 aromatic rings. The molecule has 0 aromatic carbocycles. The number of nitrogens with zero attached hydrogens (tertiary/aromatic N) is 3. The van der Waals surface area contributed by atoms with Crippen LogP contribution in [0.2, 0.25) is 0 Å². The van der Waals surface area contributed by atoms with Gasteiger partial charge < -0.3 is 24.3 Å². The maximum Gasteiger partial charge on any atom is 0.244 e. The van der Waals surface area contributed by atoms with Crippen molar-refractivity contribution in [3.05, 3.63) is 72.0 Å². The van der Waals surface area contributed by atoms with Gasteiger partial charge in [-0.25, -0.2) is 4.98 Å². The number of nitrogens with one attached hydrogen (secondary N) is 2. The van der Waals surface area contributed by atoms with Gasteiger partial charge in [0, 0.05) is 35.6 Å². The summed E-state index contributed by atoms with van der Waals surface area (Å²) in [5.41, 5.74) is 3.49. The highest BCUT2D eigenvalue weighted by atomic mass is 16.5. The fourth-order valence-electron chi connectivity index (χ4n) is 3.24. The van der Waals surface area contributed by atoms with Crippen LogP contribution < -0.4 is 15.4 Å². The molecule has 0 bridgehead atoms. The molecular formula is C24H27N5O3. The first kappa shape index (κ1) is 21.4. The Morgan fingerprint density at radius 2 is 2.12 bits per heavy atom. The average molecular weight is 434 g/mol. The molecule has 8 heteroatoms. The zero-order valence-electron chi connectivity index (χ0n) is 18.7. The zero-order chi connectivity index (χ0) is 22.7. The molecule has 0 fully saturated rings. The van der Waals surface area contributed by atoms with E-state index in [1.54, 1.807) is 13.2 Å². The third-order valence-electron chi connectivity index (χ3n) is 5.07. The summed E-state index contributed by atoms with van der Waals surface area (Å²) in [5, 5.41) is 9.82. The monoisotopic (exact) mass is 433 g/mol. The first-order chi connectivity index (χ1) is 15.3. The van der Waals surface area contributed by atoms with Crippen molar-refractivity contribution in [2.45, 2.75) is 32.6 Å². The summed E-state index contributed by atoms with van der Waals surface area (Å²) in [6, 6.07) is 5.55. The molecular weight excluding hydrogens is 406 g/mol. The minimum absolute atomic E-state index is 0.116. The molecule has 2 N–H and O–H groups in total. The number of allylic oxidation sites excluding steroid dienone is 5. The van der Waals surface area contributed by atoms with Crippen LogP contribution in [0.5, 0.6) is 5.75 Å². The van der Waals surface area contributed by atoms with Crippen molar-refractivity contribution in [2.24, 2.45) is 0 Å². The van der Waals surface area contributed by atoms with Gasteiger partial charge in [0.1, 0.15) is 17.2 Å². The van der Waals surface area contributed by atoms with Crippen LogP contribution in [-0.2, 0) is 10.2 Å². The third kappa shape index (κ3) is 4.91. The second-order valence-electron chi connectivity index (χ2n) is 8.61. The van der Waals surface area contributed by atoms with E-state index in [1.165, 1.54) is 0 Å². The fourth-order valence-corrected chi connectivity index (χ4v) is 3.24. The highest BCUT2D eigenvalue weighted by Crippen LogP contribution is 2.25. The number of pyridine rings is 1. The Kier molecular flexibility index (Phi) is 5.85. The van der Waals surface area contributed by atoms with E-state index in [2.05, 4.69) is 15.8 Å². The van der Waals surface area contributed by atoms with E-state index < -0.39 is 0 Å². The maximum atomic E-state index is 12.3. The number of fused-ring (bicyclic) bond motifs is 1. The molecule has 1 aliphatic carbocycles. The molecule has 3 heterocycles. The molecule has 1 aliphatic rings. The summed E-state index contributed by atoms with van der Waals surface area (Å²) in [6.45, 7) is 6.19. The van der Waals surface area contributed by atoms with Gasteiger partial charge in [-0.2, -0.15) is 0 Å². The zero-order valence-corrected chi connectivity index (χ0v) is 18.7. The third-order valence-corrected chi connectivity index (χ3v) is 5.07. The lowest BCUT2D eigenvalue weighted by Crippen LogP contribution is -2.27. The molecule has 1 amide bonds. The smallest absolute Gasteiger partial charge is 0.244 e. The molecule has 0 saturated heterocycles. The Morgan fingerprint density at radius 3 is 2.88 bits per heavy atom. The van der Waals surface area contributed by atoms with Crippen LogP contribution in [0, 0.1) is 0 Å². The van der Waals surface area contributed by atoms with Crippen LogP contribution in [0.15, 0.2) is 65.1 Å². The standard InChI is InChI=1S/C24H27N5O3/c1-24(2,3)20-13-21(28-32-20)27-23(30)14-25-17-7-5-6-16(8-9-17)19-15-29-11-10-18(31-4)12-22(29)26-19/h5,7-13,15,25H,6,14H2,1-4H3,(H,27,28,30). The summed E-state index contributed by atoms with van der Waals surface area (Å²) in [4.78, 5) is 17.0. The number of carbonyl (C=O) groups excluding carboxylic acids is 1. The molecule has 0 spiro atoms. The van der Waals surface area contributed by atoms with E-state index in [0.29, 0.717) is 5.82 Å². The summed E-state index contributed by atoms with van der Waals surface area (Å²) in [6.07, 6.45) is 12.6. The first-order valence-corrected chi connectivity index (χ1v) is 10.4. The molecule has 166 valence electrons. The molecule has 8 nitrogen and oxygen atoms in total. The molecule has 0 aliphatic heterocycles. The van der Waals surface area contributed by atoms with Gasteiger partial charge in [0.15, 0.2) is 5.82 Å². The van der Waals surface area contributed by atoms with Crippen molar-refractivity contribution in [1.29, 1.82) is 0 Å². The normalized spacial score (nSPS) is 14.0. The van der Waals surface area contributed by atoms with Crippen molar-refractivity contribution < 1.29 is 14.1 Å². The Morgan fingerprint density at radius 1 is 1.28 bits per heavy atom. The fraction of sp³-hybridized carbons (Fsp3) is 0.292. The second kappa shape index (κ2) is 8.74. The number of amides is 1. The molecule has 32 heavy (non-hydrogen) atoms. The minimum Gasteiger partial charge on any atom is -0.497 e. The number of rotatable bonds is 6. The van der Waals surface area contributed by atoms with Crippen LogP contribution in [-0.4, -0.2) is 34.1 Å². The Labute approximate surface area is 186 Å². The van der Waals surface area contributed by atoms with Gasteiger partial charge in [0.2, 0.25) is 5.91 Å². The summed E-state index contributed by atoms with van der Waals surface area (Å²) in [5.74, 6) is 1.71. The number of hydrogen-bond acceptors (Lipinski definition) is 6. The number of methoxy groups -OCH3 is 1. The SMILES string of the molecule is COc1ccn2cc(C3=CC=C(NCC(=O)Nc4cc(C(C)(C)C)on4)C=CC3)nc2c1. The van der Waals surface area contributed by atoms with Crippen molar-refractivity contribution in [2.75, 3.05) is 19.0 Å². The first-order valence-electron chi connectivity index (χ1n) is 10.4. The molecule has 0 saturated carbocycles. The van der Waals surface area contributed by atoms with E-state index in [9.17, 15) is 4.79 Å². The highest BCUT2D eigenvalue weighted by Gasteiger charge is 2.20.